The minimum Gasteiger partial charge on any atom is -0.469 e. The highest BCUT2D eigenvalue weighted by Crippen LogP contribution is 2.74. The summed E-state index contributed by atoms with van der Waals surface area (Å²) in [6.45, 7) is 4.30. The van der Waals surface area contributed by atoms with Gasteiger partial charge in [0.1, 0.15) is 0 Å². The molecular weight excluding hydrogens is 256 g/mol. The lowest BCUT2D eigenvalue weighted by Gasteiger charge is -2.59. The van der Waals surface area contributed by atoms with Crippen LogP contribution in [0, 0.1) is 16.2 Å². The lowest BCUT2D eigenvalue weighted by Crippen LogP contribution is -2.67. The summed E-state index contributed by atoms with van der Waals surface area (Å²) in [4.78, 5) is 25.5. The molecule has 2 saturated carbocycles. The van der Waals surface area contributed by atoms with Crippen LogP contribution < -0.4 is 0 Å². The minimum absolute atomic E-state index is 0.0924. The van der Waals surface area contributed by atoms with Crippen molar-refractivity contribution in [2.75, 3.05) is 13.7 Å². The maximum absolute atomic E-state index is 13.1. The van der Waals surface area contributed by atoms with Gasteiger partial charge in [0.2, 0.25) is 0 Å². The molecule has 1 heterocycles. The SMILES string of the molecule is COC(=O)[C@]1(C)C[C@]23CCCC2=C[C@@]1(C)C(=O)[C@@]31CO1. The fourth-order valence-corrected chi connectivity index (χ4v) is 5.23. The number of rotatable bonds is 1. The molecule has 0 amide bonds. The van der Waals surface area contributed by atoms with E-state index in [-0.39, 0.29) is 17.2 Å². The third kappa shape index (κ3) is 0.975. The first-order valence-electron chi connectivity index (χ1n) is 7.36. The molecule has 20 heavy (non-hydrogen) atoms. The number of carbonyl (C=O) groups is 2. The second kappa shape index (κ2) is 3.19. The number of esters is 1. The molecule has 5 rings (SSSR count). The molecule has 3 fully saturated rings. The van der Waals surface area contributed by atoms with Crippen LogP contribution >= 0.6 is 0 Å². The van der Waals surface area contributed by atoms with E-state index in [1.807, 2.05) is 13.8 Å². The van der Waals surface area contributed by atoms with Gasteiger partial charge in [-0.3, -0.25) is 9.59 Å². The lowest BCUT2D eigenvalue weighted by molar-refractivity contribution is -0.179. The van der Waals surface area contributed by atoms with Gasteiger partial charge in [0.15, 0.2) is 11.4 Å². The number of methoxy groups -OCH3 is 1. The molecule has 4 nitrogen and oxygen atoms in total. The van der Waals surface area contributed by atoms with E-state index in [4.69, 9.17) is 9.47 Å². The Labute approximate surface area is 118 Å². The molecule has 0 aromatic heterocycles. The molecule has 1 aliphatic heterocycles. The number of ketones is 1. The normalized spacial score (nSPS) is 52.0. The van der Waals surface area contributed by atoms with E-state index in [1.165, 1.54) is 12.7 Å². The summed E-state index contributed by atoms with van der Waals surface area (Å²) in [6.07, 6.45) is 5.83. The monoisotopic (exact) mass is 276 g/mol. The molecule has 0 N–H and O–H groups in total. The number of hydrogen-bond acceptors (Lipinski definition) is 4. The molecule has 0 aromatic rings. The number of epoxide rings is 1. The molecule has 108 valence electrons. The second-order valence-electron chi connectivity index (χ2n) is 7.25. The van der Waals surface area contributed by atoms with E-state index in [0.717, 1.165) is 19.3 Å². The van der Waals surface area contributed by atoms with Gasteiger partial charge in [-0.1, -0.05) is 11.6 Å². The molecule has 2 bridgehead atoms. The standard InChI is InChI=1S/C16H20O4/c1-13-7-10-5-4-6-15(10,16(9-20-16)11(13)17)8-14(13,2)12(18)19-3/h7H,4-6,8-9H2,1-3H3/t13-,14-,15+,16-/m0/s1. The van der Waals surface area contributed by atoms with Crippen molar-refractivity contribution in [1.29, 1.82) is 0 Å². The van der Waals surface area contributed by atoms with Crippen molar-refractivity contribution in [2.45, 2.75) is 45.1 Å². The van der Waals surface area contributed by atoms with E-state index in [9.17, 15) is 9.59 Å². The molecular formula is C16H20O4. The van der Waals surface area contributed by atoms with Crippen LogP contribution in [0.3, 0.4) is 0 Å². The summed E-state index contributed by atoms with van der Waals surface area (Å²) in [7, 11) is 1.41. The Balaban J connectivity index is 1.97. The third-order valence-corrected chi connectivity index (χ3v) is 6.61. The van der Waals surface area contributed by atoms with Gasteiger partial charge in [-0.15, -0.1) is 0 Å². The summed E-state index contributed by atoms with van der Waals surface area (Å²) < 4.78 is 10.7. The third-order valence-electron chi connectivity index (χ3n) is 6.61. The van der Waals surface area contributed by atoms with Crippen molar-refractivity contribution in [3.63, 3.8) is 0 Å². The first kappa shape index (κ1) is 12.6. The van der Waals surface area contributed by atoms with E-state index >= 15 is 0 Å². The van der Waals surface area contributed by atoms with Gasteiger partial charge in [-0.25, -0.2) is 0 Å². The Bertz CT molecular complexity index is 573. The molecule has 4 heteroatoms. The highest BCUT2D eigenvalue weighted by molar-refractivity contribution is 6.04. The Morgan fingerprint density at radius 1 is 1.40 bits per heavy atom. The zero-order valence-corrected chi connectivity index (χ0v) is 12.2. The van der Waals surface area contributed by atoms with E-state index in [1.54, 1.807) is 0 Å². The fraction of sp³-hybridized carbons (Fsp3) is 0.750. The first-order chi connectivity index (χ1) is 9.36. The summed E-state index contributed by atoms with van der Waals surface area (Å²) in [5.74, 6) is -0.180. The van der Waals surface area contributed by atoms with Crippen molar-refractivity contribution < 1.29 is 19.1 Å². The molecule has 0 unspecified atom stereocenters. The quantitative estimate of drug-likeness (QED) is 0.418. The van der Waals surface area contributed by atoms with Crippen molar-refractivity contribution in [1.82, 2.24) is 0 Å². The minimum atomic E-state index is -0.794. The number of fused-ring (bicyclic) bond motifs is 1. The average Bonchev–Trinajstić information content (AvgIpc) is 3.13. The Morgan fingerprint density at radius 3 is 2.70 bits per heavy atom. The Hall–Kier alpha value is -1.16. The zero-order chi connectivity index (χ0) is 14.4. The molecule has 5 aliphatic rings. The molecule has 2 spiro atoms. The van der Waals surface area contributed by atoms with Crippen LogP contribution in [-0.2, 0) is 19.1 Å². The van der Waals surface area contributed by atoms with Gasteiger partial charge in [0, 0.05) is 5.41 Å². The maximum Gasteiger partial charge on any atom is 0.312 e. The number of hydrogen-bond donors (Lipinski definition) is 0. The predicted octanol–water partition coefficient (Wildman–Crippen LogP) is 2.02. The second-order valence-corrected chi connectivity index (χ2v) is 7.25. The van der Waals surface area contributed by atoms with E-state index < -0.39 is 16.4 Å². The Morgan fingerprint density at radius 2 is 2.10 bits per heavy atom. The van der Waals surface area contributed by atoms with Crippen LogP contribution in [0.2, 0.25) is 0 Å². The van der Waals surface area contributed by atoms with Crippen LogP contribution in [0.25, 0.3) is 0 Å². The zero-order valence-electron chi connectivity index (χ0n) is 12.2. The molecule has 0 radical (unpaired) electrons. The predicted molar refractivity (Wildman–Crippen MR) is 70.9 cm³/mol. The molecule has 1 saturated heterocycles. The van der Waals surface area contributed by atoms with Gasteiger partial charge in [0.05, 0.1) is 24.5 Å². The highest BCUT2D eigenvalue weighted by atomic mass is 16.6. The number of Topliss-reactive ketones (excluding diaryl/α,β-unsaturated/α-hetero) is 1. The summed E-state index contributed by atoms with van der Waals surface area (Å²) in [6, 6.07) is 0. The highest BCUT2D eigenvalue weighted by Gasteiger charge is 2.81. The molecule has 4 aliphatic carbocycles. The van der Waals surface area contributed by atoms with Gasteiger partial charge in [-0.05, 0) is 39.5 Å². The summed E-state index contributed by atoms with van der Waals surface area (Å²) in [5.41, 5.74) is -1.10. The summed E-state index contributed by atoms with van der Waals surface area (Å²) in [5, 5.41) is 0. The van der Waals surface area contributed by atoms with Crippen molar-refractivity contribution in [3.8, 4) is 0 Å². The van der Waals surface area contributed by atoms with Crippen molar-refractivity contribution >= 4 is 11.8 Å². The van der Waals surface area contributed by atoms with Crippen LogP contribution in [0.15, 0.2) is 11.6 Å². The largest absolute Gasteiger partial charge is 0.469 e. The lowest BCUT2D eigenvalue weighted by atomic mass is 9.41. The van der Waals surface area contributed by atoms with Crippen LogP contribution in [-0.4, -0.2) is 31.1 Å². The first-order valence-corrected chi connectivity index (χ1v) is 7.36. The molecule has 4 atom stereocenters. The van der Waals surface area contributed by atoms with Crippen molar-refractivity contribution in [3.05, 3.63) is 11.6 Å². The van der Waals surface area contributed by atoms with Crippen molar-refractivity contribution in [2.24, 2.45) is 16.2 Å². The smallest absolute Gasteiger partial charge is 0.312 e. The molecule has 0 aromatic carbocycles. The number of carbonyl (C=O) groups excluding carboxylic acids is 2. The van der Waals surface area contributed by atoms with Crippen LogP contribution in [0.5, 0.6) is 0 Å². The van der Waals surface area contributed by atoms with Gasteiger partial charge in [-0.2, -0.15) is 0 Å². The van der Waals surface area contributed by atoms with Gasteiger partial charge >= 0.3 is 5.97 Å². The van der Waals surface area contributed by atoms with E-state index in [0.29, 0.717) is 13.0 Å². The van der Waals surface area contributed by atoms with Crippen LogP contribution in [0.1, 0.15) is 39.5 Å². The van der Waals surface area contributed by atoms with Crippen LogP contribution in [0.4, 0.5) is 0 Å². The Kier molecular flexibility index (Phi) is 2.00. The van der Waals surface area contributed by atoms with Gasteiger partial charge < -0.3 is 9.47 Å². The summed E-state index contributed by atoms with van der Waals surface area (Å²) >= 11 is 0. The number of ether oxygens (including phenoxy) is 2. The van der Waals surface area contributed by atoms with Gasteiger partial charge in [0.25, 0.3) is 0 Å². The van der Waals surface area contributed by atoms with E-state index in [2.05, 4.69) is 6.08 Å². The maximum atomic E-state index is 13.1. The number of allylic oxidation sites excluding steroid dienone is 1. The average molecular weight is 276 g/mol. The fourth-order valence-electron chi connectivity index (χ4n) is 5.23. The topological polar surface area (TPSA) is 55.9 Å².